The highest BCUT2D eigenvalue weighted by molar-refractivity contribution is 7.92. The van der Waals surface area contributed by atoms with E-state index in [1.807, 2.05) is 6.92 Å². The fraction of sp³-hybridized carbons (Fsp3) is 0.364. The number of H-pyrrole nitrogens is 1. The van der Waals surface area contributed by atoms with Crippen LogP contribution in [0.25, 0.3) is 0 Å². The molecular weight excluding hydrogens is 444 g/mol. The van der Waals surface area contributed by atoms with Gasteiger partial charge in [0.2, 0.25) is 0 Å². The lowest BCUT2D eigenvalue weighted by molar-refractivity contribution is 0.282. The Labute approximate surface area is 184 Å². The van der Waals surface area contributed by atoms with Crippen molar-refractivity contribution in [2.75, 3.05) is 0 Å². The van der Waals surface area contributed by atoms with E-state index in [4.69, 9.17) is 11.6 Å². The van der Waals surface area contributed by atoms with E-state index in [1.54, 1.807) is 0 Å². The van der Waals surface area contributed by atoms with Gasteiger partial charge in [-0.1, -0.05) is 11.6 Å². The lowest BCUT2D eigenvalue weighted by Gasteiger charge is -2.40. The van der Waals surface area contributed by atoms with Crippen LogP contribution in [0.2, 0.25) is 5.02 Å². The average Bonchev–Trinajstić information content (AvgIpc) is 3.15. The van der Waals surface area contributed by atoms with Gasteiger partial charge in [-0.3, -0.25) is 0 Å². The third kappa shape index (κ3) is 4.11. The van der Waals surface area contributed by atoms with Crippen LogP contribution in [0.5, 0.6) is 0 Å². The molecule has 0 atom stereocenters. The van der Waals surface area contributed by atoms with E-state index >= 15 is 0 Å². The van der Waals surface area contributed by atoms with Crippen molar-refractivity contribution in [3.63, 3.8) is 0 Å². The van der Waals surface area contributed by atoms with Gasteiger partial charge in [0.1, 0.15) is 28.0 Å². The van der Waals surface area contributed by atoms with E-state index in [2.05, 4.69) is 15.2 Å². The number of hydrogen-bond donors (Lipinski definition) is 1. The zero-order valence-electron chi connectivity index (χ0n) is 16.9. The van der Waals surface area contributed by atoms with Crippen LogP contribution in [0, 0.1) is 24.5 Å². The SMILES string of the molecule is Cc1nnc(C[C@H]2CC[C@@](c3cc(F)ccc3F)(S(=O)(=O)c3ccc(Cl)cc3)CC2)[nH]1. The molecule has 1 aromatic heterocycles. The Morgan fingerprint density at radius 3 is 2.39 bits per heavy atom. The summed E-state index contributed by atoms with van der Waals surface area (Å²) in [6.45, 7) is 1.81. The topological polar surface area (TPSA) is 75.7 Å². The van der Waals surface area contributed by atoms with Gasteiger partial charge in [-0.05, 0) is 81.0 Å². The Morgan fingerprint density at radius 2 is 1.77 bits per heavy atom. The van der Waals surface area contributed by atoms with Crippen molar-refractivity contribution < 1.29 is 17.2 Å². The molecule has 1 heterocycles. The monoisotopic (exact) mass is 465 g/mol. The predicted molar refractivity (Wildman–Crippen MR) is 113 cm³/mol. The molecule has 164 valence electrons. The first-order chi connectivity index (χ1) is 14.7. The van der Waals surface area contributed by atoms with Crippen LogP contribution < -0.4 is 0 Å². The second kappa shape index (κ2) is 8.31. The normalized spacial score (nSPS) is 21.9. The van der Waals surface area contributed by atoms with Crippen LogP contribution in [-0.4, -0.2) is 23.6 Å². The summed E-state index contributed by atoms with van der Waals surface area (Å²) >= 11 is 5.92. The number of hydrogen-bond acceptors (Lipinski definition) is 4. The van der Waals surface area contributed by atoms with Crippen molar-refractivity contribution in [2.45, 2.75) is 48.7 Å². The summed E-state index contributed by atoms with van der Waals surface area (Å²) in [5.41, 5.74) is -0.114. The number of aromatic nitrogens is 3. The van der Waals surface area contributed by atoms with Crippen molar-refractivity contribution in [1.29, 1.82) is 0 Å². The van der Waals surface area contributed by atoms with Gasteiger partial charge < -0.3 is 4.98 Å². The molecule has 0 saturated heterocycles. The van der Waals surface area contributed by atoms with Gasteiger partial charge in [-0.15, -0.1) is 10.2 Å². The number of aryl methyl sites for hydroxylation is 1. The molecule has 1 aliphatic carbocycles. The Morgan fingerprint density at radius 1 is 1.10 bits per heavy atom. The number of rotatable bonds is 5. The van der Waals surface area contributed by atoms with Crippen LogP contribution in [0.15, 0.2) is 47.4 Å². The fourth-order valence-corrected chi connectivity index (χ4v) is 6.77. The summed E-state index contributed by atoms with van der Waals surface area (Å²) in [6, 6.07) is 8.82. The fourth-order valence-electron chi connectivity index (χ4n) is 4.48. The molecule has 31 heavy (non-hydrogen) atoms. The molecule has 5 nitrogen and oxygen atoms in total. The lowest BCUT2D eigenvalue weighted by Crippen LogP contribution is -2.41. The molecule has 0 bridgehead atoms. The third-order valence-corrected chi connectivity index (χ3v) is 8.90. The highest BCUT2D eigenvalue weighted by Crippen LogP contribution is 2.49. The Balaban J connectivity index is 1.73. The van der Waals surface area contributed by atoms with E-state index in [-0.39, 0.29) is 29.2 Å². The Bertz CT molecular complexity index is 1190. The molecule has 0 amide bonds. The van der Waals surface area contributed by atoms with Crippen LogP contribution >= 0.6 is 11.6 Å². The molecule has 0 spiro atoms. The smallest absolute Gasteiger partial charge is 0.188 e. The molecular formula is C22H22ClF2N3O2S. The molecule has 4 rings (SSSR count). The summed E-state index contributed by atoms with van der Waals surface area (Å²) in [6.07, 6.45) is 2.04. The first-order valence-electron chi connectivity index (χ1n) is 10.1. The molecule has 0 radical (unpaired) electrons. The largest absolute Gasteiger partial charge is 0.329 e. The zero-order chi connectivity index (χ0) is 22.2. The highest BCUT2D eigenvalue weighted by Gasteiger charge is 2.50. The Hall–Kier alpha value is -2.32. The van der Waals surface area contributed by atoms with Gasteiger partial charge in [0.05, 0.1) is 4.90 Å². The van der Waals surface area contributed by atoms with Crippen LogP contribution in [0.4, 0.5) is 8.78 Å². The Kier molecular flexibility index (Phi) is 5.87. The summed E-state index contributed by atoms with van der Waals surface area (Å²) in [5.74, 6) is 0.238. The highest BCUT2D eigenvalue weighted by atomic mass is 35.5. The van der Waals surface area contributed by atoms with Crippen molar-refractivity contribution >= 4 is 21.4 Å². The lowest BCUT2D eigenvalue weighted by atomic mass is 9.76. The van der Waals surface area contributed by atoms with Gasteiger partial charge in [0.25, 0.3) is 0 Å². The van der Waals surface area contributed by atoms with Crippen LogP contribution in [-0.2, 0) is 21.0 Å². The zero-order valence-corrected chi connectivity index (χ0v) is 18.5. The summed E-state index contributed by atoms with van der Waals surface area (Å²) < 4.78 is 55.0. The van der Waals surface area contributed by atoms with Gasteiger partial charge in [0, 0.05) is 17.0 Å². The number of benzene rings is 2. The summed E-state index contributed by atoms with van der Waals surface area (Å²) in [7, 11) is -4.03. The number of nitrogens with one attached hydrogen (secondary N) is 1. The molecule has 0 aliphatic heterocycles. The van der Waals surface area contributed by atoms with Crippen molar-refractivity contribution in [3.8, 4) is 0 Å². The molecule has 1 saturated carbocycles. The van der Waals surface area contributed by atoms with Gasteiger partial charge in [0.15, 0.2) is 9.84 Å². The minimum absolute atomic E-state index is 0.0462. The number of aromatic amines is 1. The maximum atomic E-state index is 14.9. The van der Waals surface area contributed by atoms with E-state index in [0.717, 1.165) is 24.0 Å². The molecule has 0 unspecified atom stereocenters. The first kappa shape index (κ1) is 21.9. The molecule has 1 N–H and O–H groups in total. The minimum Gasteiger partial charge on any atom is -0.329 e. The van der Waals surface area contributed by atoms with Crippen molar-refractivity contribution in [1.82, 2.24) is 15.2 Å². The quantitative estimate of drug-likeness (QED) is 0.565. The van der Waals surface area contributed by atoms with Crippen molar-refractivity contribution in [2.24, 2.45) is 5.92 Å². The molecule has 3 aromatic rings. The predicted octanol–water partition coefficient (Wildman–Crippen LogP) is 5.15. The molecule has 1 fully saturated rings. The maximum absolute atomic E-state index is 14.9. The minimum atomic E-state index is -4.03. The number of halogens is 3. The summed E-state index contributed by atoms with van der Waals surface area (Å²) in [5, 5.41) is 8.45. The molecule has 2 aromatic carbocycles. The standard InChI is InChI=1S/C22H22ClF2N3O2S/c1-14-26-21(28-27-14)12-15-8-10-22(11-9-15,19-13-17(24)4-7-20(19)25)31(29,30)18-5-2-16(23)3-6-18/h2-7,13,15H,8-12H2,1H3,(H,26,27,28)/t15-,22+. The average molecular weight is 466 g/mol. The van der Waals surface area contributed by atoms with E-state index in [1.165, 1.54) is 24.3 Å². The number of sulfone groups is 1. The summed E-state index contributed by atoms with van der Waals surface area (Å²) in [4.78, 5) is 3.14. The van der Waals surface area contributed by atoms with E-state index < -0.39 is 26.2 Å². The van der Waals surface area contributed by atoms with Gasteiger partial charge >= 0.3 is 0 Å². The molecule has 1 aliphatic rings. The maximum Gasteiger partial charge on any atom is 0.188 e. The van der Waals surface area contributed by atoms with Crippen LogP contribution in [0.1, 0.15) is 42.9 Å². The second-order valence-electron chi connectivity index (χ2n) is 8.08. The van der Waals surface area contributed by atoms with Gasteiger partial charge in [-0.2, -0.15) is 0 Å². The van der Waals surface area contributed by atoms with Crippen molar-refractivity contribution in [3.05, 3.63) is 76.3 Å². The van der Waals surface area contributed by atoms with E-state index in [9.17, 15) is 17.2 Å². The van der Waals surface area contributed by atoms with E-state index in [0.29, 0.717) is 30.1 Å². The number of nitrogens with zero attached hydrogens (tertiary/aromatic N) is 2. The van der Waals surface area contributed by atoms with Crippen LogP contribution in [0.3, 0.4) is 0 Å². The second-order valence-corrected chi connectivity index (χ2v) is 10.8. The van der Waals surface area contributed by atoms with Gasteiger partial charge in [-0.25, -0.2) is 17.2 Å². The first-order valence-corrected chi connectivity index (χ1v) is 11.9. The molecule has 9 heteroatoms. The third-order valence-electron chi connectivity index (χ3n) is 6.10.